The van der Waals surface area contributed by atoms with Crippen molar-refractivity contribution >= 4 is 12.1 Å². The van der Waals surface area contributed by atoms with Gasteiger partial charge in [-0.25, -0.2) is 9.59 Å². The van der Waals surface area contributed by atoms with Gasteiger partial charge in [-0.2, -0.15) is 0 Å². The van der Waals surface area contributed by atoms with Gasteiger partial charge in [-0.05, 0) is 143 Å². The lowest BCUT2D eigenvalue weighted by Gasteiger charge is -2.55. The molecule has 0 aliphatic heterocycles. The molecule has 0 saturated heterocycles. The van der Waals surface area contributed by atoms with Crippen molar-refractivity contribution in [2.75, 3.05) is 26.2 Å². The zero-order valence-electron chi connectivity index (χ0n) is 35.3. The molecule has 298 valence electrons. The average Bonchev–Trinajstić information content (AvgIpc) is 3.13. The van der Waals surface area contributed by atoms with Crippen LogP contribution in [0.2, 0.25) is 0 Å². The van der Waals surface area contributed by atoms with E-state index in [9.17, 15) is 9.59 Å². The molecule has 2 aromatic rings. The molecule has 0 bridgehead atoms. The molecule has 2 aromatic carbocycles. The third-order valence-corrected chi connectivity index (χ3v) is 15.3. The molecule has 54 heavy (non-hydrogen) atoms. The lowest BCUT2D eigenvalue weighted by Crippen LogP contribution is -2.54. The van der Waals surface area contributed by atoms with E-state index >= 15 is 0 Å². The van der Waals surface area contributed by atoms with Gasteiger partial charge in [-0.15, -0.1) is 0 Å². The second-order valence-electron chi connectivity index (χ2n) is 19.8. The number of carbonyl (C=O) groups excluding carboxylic acids is 2. The van der Waals surface area contributed by atoms with Crippen molar-refractivity contribution in [1.29, 1.82) is 0 Å². The van der Waals surface area contributed by atoms with Gasteiger partial charge in [0.05, 0.1) is 0 Å². The maximum absolute atomic E-state index is 12.9. The molecule has 2 saturated carbocycles. The molecule has 4 N–H and O–H groups in total. The van der Waals surface area contributed by atoms with E-state index in [1.54, 1.807) is 22.3 Å². The molecular weight excluding hydrogens is 665 g/mol. The zero-order chi connectivity index (χ0) is 38.7. The average molecular weight is 739 g/mol. The molecule has 4 aliphatic carbocycles. The van der Waals surface area contributed by atoms with Crippen molar-refractivity contribution in [3.05, 3.63) is 69.8 Å². The highest BCUT2D eigenvalue weighted by molar-refractivity contribution is 5.74. The fourth-order valence-corrected chi connectivity index (χ4v) is 12.1. The first-order chi connectivity index (χ1) is 25.7. The number of hydrogen-bond donors (Lipinski definition) is 4. The van der Waals surface area contributed by atoms with Gasteiger partial charge in [0.25, 0.3) is 0 Å². The molecule has 0 spiro atoms. The van der Waals surface area contributed by atoms with E-state index in [1.807, 2.05) is 0 Å². The molecule has 4 amide bonds. The quantitative estimate of drug-likeness (QED) is 0.154. The van der Waals surface area contributed by atoms with E-state index < -0.39 is 0 Å². The number of urea groups is 2. The predicted octanol–water partition coefficient (Wildman–Crippen LogP) is 10.8. The number of amides is 4. The summed E-state index contributed by atoms with van der Waals surface area (Å²) in [5, 5.41) is 12.8. The summed E-state index contributed by atoms with van der Waals surface area (Å²) in [6.45, 7) is 21.8. The van der Waals surface area contributed by atoms with Crippen LogP contribution in [0.3, 0.4) is 0 Å². The van der Waals surface area contributed by atoms with Gasteiger partial charge in [0.1, 0.15) is 0 Å². The van der Waals surface area contributed by atoms with E-state index in [4.69, 9.17) is 0 Å². The zero-order valence-corrected chi connectivity index (χ0v) is 35.3. The van der Waals surface area contributed by atoms with Gasteiger partial charge in [0, 0.05) is 26.2 Å². The number of unbranched alkanes of at least 4 members (excludes halogenated alkanes) is 3. The summed E-state index contributed by atoms with van der Waals surface area (Å²) in [7, 11) is 0. The monoisotopic (exact) mass is 739 g/mol. The highest BCUT2D eigenvalue weighted by Gasteiger charge is 2.53. The second kappa shape index (κ2) is 16.6. The molecule has 2 fully saturated rings. The van der Waals surface area contributed by atoms with E-state index in [2.05, 4.69) is 113 Å². The maximum atomic E-state index is 12.9. The van der Waals surface area contributed by atoms with Gasteiger partial charge in [0.15, 0.2) is 0 Å². The van der Waals surface area contributed by atoms with Crippen LogP contribution in [-0.2, 0) is 23.7 Å². The van der Waals surface area contributed by atoms with Gasteiger partial charge >= 0.3 is 12.1 Å². The molecule has 6 heteroatoms. The fraction of sp³-hybridized carbons (Fsp3) is 0.708. The summed E-state index contributed by atoms with van der Waals surface area (Å²) in [6.07, 6.45) is 15.9. The van der Waals surface area contributed by atoms with Gasteiger partial charge in [-0.3, -0.25) is 0 Å². The van der Waals surface area contributed by atoms with E-state index in [-0.39, 0.29) is 33.7 Å². The topological polar surface area (TPSA) is 82.3 Å². The van der Waals surface area contributed by atoms with Gasteiger partial charge in [-0.1, -0.05) is 117 Å². The Bertz CT molecular complexity index is 1510. The number of benzene rings is 2. The lowest BCUT2D eigenvalue weighted by molar-refractivity contribution is 0.0277. The minimum absolute atomic E-state index is 0.0377. The standard InChI is InChI=1S/C48H74N4O2/c1-33(2)35-15-19-39-37(29-35)17-21-41-45(5,23-13-25-47(39,41)7)31-51-43(53)49-27-11-9-10-12-28-50-44(54)52-32-46(6)24-14-26-48(8)40-20-16-36(34(3)4)30-38(40)18-22-42(46)48/h15-16,19-20,29-30,33-34,41-42H,9-14,17-18,21-28,31-32H2,1-8H3,(H2,49,51,53)(H2,50,52,54)/t41-,42-,45-,46-,47+,48+/m0/s1. The first-order valence-electron chi connectivity index (χ1n) is 22.0. The van der Waals surface area contributed by atoms with Crippen LogP contribution >= 0.6 is 0 Å². The first-order valence-corrected chi connectivity index (χ1v) is 22.0. The Hall–Kier alpha value is -3.02. The summed E-state index contributed by atoms with van der Waals surface area (Å²) in [5.41, 5.74) is 9.69. The second-order valence-corrected chi connectivity index (χ2v) is 19.8. The smallest absolute Gasteiger partial charge is 0.314 e. The summed E-state index contributed by atoms with van der Waals surface area (Å²) in [5.74, 6) is 2.27. The predicted molar refractivity (Wildman–Crippen MR) is 225 cm³/mol. The van der Waals surface area contributed by atoms with Crippen LogP contribution in [0.1, 0.15) is 178 Å². The molecular formula is C48H74N4O2. The number of fused-ring (bicyclic) bond motifs is 6. The van der Waals surface area contributed by atoms with E-state index in [0.717, 1.165) is 51.6 Å². The van der Waals surface area contributed by atoms with Crippen molar-refractivity contribution in [2.45, 2.75) is 168 Å². The molecule has 0 aromatic heterocycles. The van der Waals surface area contributed by atoms with Crippen molar-refractivity contribution in [3.63, 3.8) is 0 Å². The first kappa shape index (κ1) is 40.6. The number of hydrogen-bond acceptors (Lipinski definition) is 2. The Labute approximate surface area is 328 Å². The third kappa shape index (κ3) is 8.38. The minimum Gasteiger partial charge on any atom is -0.338 e. The van der Waals surface area contributed by atoms with Crippen LogP contribution in [0.15, 0.2) is 36.4 Å². The number of nitrogens with one attached hydrogen (secondary N) is 4. The molecule has 0 heterocycles. The highest BCUT2D eigenvalue weighted by Crippen LogP contribution is 2.58. The minimum atomic E-state index is -0.0377. The SMILES string of the molecule is CC(C)c1ccc2c(c1)CC[C@H]1[C@](C)(CNC(=O)NCCCCCCNC(=O)NC[C@]3(C)CCC[C@]4(C)c5ccc(C(C)C)cc5CC[C@@H]34)CCC[C@]21C. The van der Waals surface area contributed by atoms with Crippen molar-refractivity contribution in [1.82, 2.24) is 21.3 Å². The van der Waals surface area contributed by atoms with Crippen molar-refractivity contribution in [2.24, 2.45) is 22.7 Å². The fourth-order valence-electron chi connectivity index (χ4n) is 12.1. The Kier molecular flexibility index (Phi) is 12.5. The van der Waals surface area contributed by atoms with E-state index in [0.29, 0.717) is 36.8 Å². The summed E-state index contributed by atoms with van der Waals surface area (Å²) in [4.78, 5) is 25.8. The van der Waals surface area contributed by atoms with Crippen LogP contribution in [0, 0.1) is 22.7 Å². The van der Waals surface area contributed by atoms with Crippen LogP contribution in [-0.4, -0.2) is 38.2 Å². The van der Waals surface area contributed by atoms with Crippen LogP contribution in [0.5, 0.6) is 0 Å². The Morgan fingerprint density at radius 2 is 1.00 bits per heavy atom. The van der Waals surface area contributed by atoms with Gasteiger partial charge < -0.3 is 21.3 Å². The number of aryl methyl sites for hydroxylation is 2. The third-order valence-electron chi connectivity index (χ3n) is 15.3. The number of carbonyl (C=O) groups is 2. The Balaban J connectivity index is 0.860. The Morgan fingerprint density at radius 1 is 0.593 bits per heavy atom. The Morgan fingerprint density at radius 3 is 1.39 bits per heavy atom. The molecule has 4 aliphatic rings. The summed E-state index contributed by atoms with van der Waals surface area (Å²) < 4.78 is 0. The van der Waals surface area contributed by atoms with Crippen LogP contribution in [0.25, 0.3) is 0 Å². The largest absolute Gasteiger partial charge is 0.338 e. The van der Waals surface area contributed by atoms with Gasteiger partial charge in [0.2, 0.25) is 0 Å². The maximum Gasteiger partial charge on any atom is 0.314 e. The number of rotatable bonds is 13. The molecule has 6 atom stereocenters. The van der Waals surface area contributed by atoms with Crippen molar-refractivity contribution < 1.29 is 9.59 Å². The summed E-state index contributed by atoms with van der Waals surface area (Å²) in [6, 6.07) is 14.4. The normalized spacial score (nSPS) is 30.1. The van der Waals surface area contributed by atoms with Crippen molar-refractivity contribution in [3.8, 4) is 0 Å². The molecule has 0 unspecified atom stereocenters. The summed E-state index contributed by atoms with van der Waals surface area (Å²) >= 11 is 0. The van der Waals surface area contributed by atoms with E-state index in [1.165, 1.54) is 62.5 Å². The van der Waals surface area contributed by atoms with Crippen LogP contribution in [0.4, 0.5) is 9.59 Å². The molecule has 6 nitrogen and oxygen atoms in total. The van der Waals surface area contributed by atoms with Crippen LogP contribution < -0.4 is 21.3 Å². The lowest BCUT2D eigenvalue weighted by atomic mass is 9.49. The highest BCUT2D eigenvalue weighted by atomic mass is 16.2. The molecule has 0 radical (unpaired) electrons. The molecule has 6 rings (SSSR count).